The summed E-state index contributed by atoms with van der Waals surface area (Å²) in [7, 11) is 0. The molecule has 2 amide bonds. The Morgan fingerprint density at radius 2 is 1.84 bits per heavy atom. The van der Waals surface area contributed by atoms with Crippen molar-refractivity contribution in [2.45, 2.75) is 19.5 Å². The van der Waals surface area contributed by atoms with Crippen molar-refractivity contribution in [3.05, 3.63) is 99.6 Å². The second-order valence-corrected chi connectivity index (χ2v) is 8.22. The Kier molecular flexibility index (Phi) is 4.83. The zero-order valence-corrected chi connectivity index (χ0v) is 17.7. The van der Waals surface area contributed by atoms with Crippen LogP contribution in [0, 0.1) is 6.92 Å². The van der Waals surface area contributed by atoms with Crippen LogP contribution in [0.25, 0.3) is 0 Å². The predicted octanol–water partition coefficient (Wildman–Crippen LogP) is 4.14. The number of benzene rings is 3. The molecule has 0 saturated carbocycles. The summed E-state index contributed by atoms with van der Waals surface area (Å²) in [5.41, 5.74) is 6.12. The van der Waals surface area contributed by atoms with Crippen LogP contribution in [0.15, 0.2) is 71.7 Å². The highest BCUT2D eigenvalue weighted by Gasteiger charge is 2.37. The quantitative estimate of drug-likeness (QED) is 0.680. The van der Waals surface area contributed by atoms with E-state index in [9.17, 15) is 9.59 Å². The normalized spacial score (nSPS) is 17.1. The summed E-state index contributed by atoms with van der Waals surface area (Å²) in [4.78, 5) is 32.8. The summed E-state index contributed by atoms with van der Waals surface area (Å²) >= 11 is 5.93. The molecule has 2 heterocycles. The van der Waals surface area contributed by atoms with E-state index in [0.29, 0.717) is 22.8 Å². The maximum atomic E-state index is 13.4. The molecule has 0 fully saturated rings. The second kappa shape index (κ2) is 7.67. The van der Waals surface area contributed by atoms with Crippen molar-refractivity contribution in [2.75, 3.05) is 11.4 Å². The van der Waals surface area contributed by atoms with Crippen molar-refractivity contribution < 1.29 is 9.59 Å². The highest BCUT2D eigenvalue weighted by Crippen LogP contribution is 2.37. The number of aliphatic imine (C=N–C) groups is 1. The van der Waals surface area contributed by atoms with Crippen LogP contribution in [0.1, 0.15) is 32.6 Å². The van der Waals surface area contributed by atoms with Gasteiger partial charge in [0.2, 0.25) is 6.17 Å². The number of aryl methyl sites for hydroxylation is 1. The summed E-state index contributed by atoms with van der Waals surface area (Å²) in [5, 5.41) is 3.36. The number of hydrogen-bond acceptors (Lipinski definition) is 3. The topological polar surface area (TPSA) is 61.8 Å². The zero-order valence-electron chi connectivity index (χ0n) is 16.9. The molecule has 0 radical (unpaired) electrons. The minimum atomic E-state index is -1.02. The van der Waals surface area contributed by atoms with Gasteiger partial charge in [-0.25, -0.2) is 4.99 Å². The molecule has 0 aromatic heterocycles. The molecule has 1 atom stereocenters. The molecule has 2 aliphatic rings. The third kappa shape index (κ3) is 3.51. The van der Waals surface area contributed by atoms with E-state index >= 15 is 0 Å². The van der Waals surface area contributed by atoms with Gasteiger partial charge in [0.15, 0.2) is 0 Å². The van der Waals surface area contributed by atoms with Gasteiger partial charge in [0.1, 0.15) is 0 Å². The summed E-state index contributed by atoms with van der Waals surface area (Å²) in [5.74, 6) is -0.593. The number of halogens is 1. The molecule has 1 N–H and O–H groups in total. The van der Waals surface area contributed by atoms with Crippen LogP contribution in [0.3, 0.4) is 0 Å². The Morgan fingerprint density at radius 3 is 2.58 bits per heavy atom. The third-order valence-corrected chi connectivity index (χ3v) is 5.89. The van der Waals surface area contributed by atoms with Crippen molar-refractivity contribution in [1.82, 2.24) is 5.32 Å². The zero-order chi connectivity index (χ0) is 21.5. The van der Waals surface area contributed by atoms with E-state index < -0.39 is 6.17 Å². The summed E-state index contributed by atoms with van der Waals surface area (Å²) in [6.45, 7) is 2.63. The lowest BCUT2D eigenvalue weighted by Gasteiger charge is -2.21. The lowest BCUT2D eigenvalue weighted by molar-refractivity contribution is -0.120. The molecule has 5 rings (SSSR count). The van der Waals surface area contributed by atoms with Gasteiger partial charge in [0, 0.05) is 28.3 Å². The van der Waals surface area contributed by atoms with Crippen molar-refractivity contribution in [3.63, 3.8) is 0 Å². The van der Waals surface area contributed by atoms with Gasteiger partial charge in [0.25, 0.3) is 11.8 Å². The van der Waals surface area contributed by atoms with E-state index in [0.717, 1.165) is 34.4 Å². The molecule has 6 heteroatoms. The first-order chi connectivity index (χ1) is 15.0. The minimum absolute atomic E-state index is 0.225. The number of hydrogen-bond donors (Lipinski definition) is 1. The number of carbonyl (C=O) groups is 2. The summed E-state index contributed by atoms with van der Waals surface area (Å²) < 4.78 is 0. The van der Waals surface area contributed by atoms with E-state index in [1.807, 2.05) is 30.3 Å². The number of carbonyl (C=O) groups excluding carboxylic acids is 2. The highest BCUT2D eigenvalue weighted by molar-refractivity contribution is 6.30. The summed E-state index contributed by atoms with van der Waals surface area (Å²) in [6.07, 6.45) is -0.229. The van der Waals surface area contributed by atoms with Gasteiger partial charge in [-0.05, 0) is 49.2 Å². The van der Waals surface area contributed by atoms with Crippen molar-refractivity contribution in [1.29, 1.82) is 0 Å². The number of amides is 2. The Morgan fingerprint density at radius 1 is 1.10 bits per heavy atom. The molecule has 3 aromatic carbocycles. The molecule has 5 nitrogen and oxygen atoms in total. The van der Waals surface area contributed by atoms with E-state index in [4.69, 9.17) is 16.6 Å². The monoisotopic (exact) mass is 429 g/mol. The Hall–Kier alpha value is -3.44. The molecule has 2 aliphatic heterocycles. The number of nitrogens with one attached hydrogen (secondary N) is 1. The number of anilines is 1. The van der Waals surface area contributed by atoms with E-state index in [1.54, 1.807) is 29.2 Å². The largest absolute Gasteiger partial charge is 0.322 e. The van der Waals surface area contributed by atoms with Crippen LogP contribution in [-0.4, -0.2) is 30.2 Å². The van der Waals surface area contributed by atoms with Crippen LogP contribution in [0.5, 0.6) is 0 Å². The second-order valence-electron chi connectivity index (χ2n) is 7.79. The van der Waals surface area contributed by atoms with Gasteiger partial charge < -0.3 is 10.2 Å². The Bertz CT molecular complexity index is 1220. The smallest absolute Gasteiger partial charge is 0.272 e. The molecule has 0 unspecified atom stereocenters. The third-order valence-electron chi connectivity index (χ3n) is 5.64. The van der Waals surface area contributed by atoms with Gasteiger partial charge in [0.05, 0.1) is 11.4 Å². The van der Waals surface area contributed by atoms with E-state index in [-0.39, 0.29) is 11.8 Å². The van der Waals surface area contributed by atoms with Gasteiger partial charge in [-0.2, -0.15) is 0 Å². The summed E-state index contributed by atoms with van der Waals surface area (Å²) in [6, 6.07) is 20.5. The average Bonchev–Trinajstić information content (AvgIpc) is 3.15. The van der Waals surface area contributed by atoms with Gasteiger partial charge in [-0.1, -0.05) is 53.6 Å². The molecule has 154 valence electrons. The van der Waals surface area contributed by atoms with Crippen molar-refractivity contribution in [3.8, 4) is 0 Å². The Balaban J connectivity index is 1.61. The molecule has 0 spiro atoms. The maximum Gasteiger partial charge on any atom is 0.272 e. The lowest BCUT2D eigenvalue weighted by atomic mass is 9.96. The fourth-order valence-electron chi connectivity index (χ4n) is 4.24. The van der Waals surface area contributed by atoms with Crippen LogP contribution in [0.2, 0.25) is 5.02 Å². The van der Waals surface area contributed by atoms with Gasteiger partial charge in [-0.3, -0.25) is 9.59 Å². The lowest BCUT2D eigenvalue weighted by Crippen LogP contribution is -2.46. The van der Waals surface area contributed by atoms with E-state index in [2.05, 4.69) is 24.4 Å². The van der Waals surface area contributed by atoms with Crippen LogP contribution < -0.4 is 10.2 Å². The fraction of sp³-hybridized carbons (Fsp3) is 0.160. The highest BCUT2D eigenvalue weighted by atomic mass is 35.5. The molecular weight excluding hydrogens is 410 g/mol. The molecule has 0 saturated heterocycles. The Labute approximate surface area is 185 Å². The minimum Gasteiger partial charge on any atom is -0.322 e. The number of nitrogens with zero attached hydrogens (tertiary/aromatic N) is 2. The van der Waals surface area contributed by atoms with E-state index in [1.165, 1.54) is 0 Å². The standard InChI is InChI=1S/C25H20ClN3O2/c1-15-13-18-11-12-29-22(18)20(14-15)21(16-5-3-2-4-6-16)27-23(25(29)31)28-24(30)17-7-9-19(26)10-8-17/h2-10,13-14,23H,11-12H2,1H3,(H,28,30)/t23-/m0/s1. The molecule has 3 aromatic rings. The first-order valence-electron chi connectivity index (χ1n) is 10.2. The molecule has 31 heavy (non-hydrogen) atoms. The maximum absolute atomic E-state index is 13.4. The average molecular weight is 430 g/mol. The first-order valence-corrected chi connectivity index (χ1v) is 10.5. The van der Waals surface area contributed by atoms with Crippen molar-refractivity contribution in [2.24, 2.45) is 4.99 Å². The SMILES string of the molecule is Cc1cc2c3c(c1)C(c1ccccc1)=N[C@@H](NC(=O)c1ccc(Cl)cc1)C(=O)N3CC2. The predicted molar refractivity (Wildman–Crippen MR) is 122 cm³/mol. The molecular formula is C25H20ClN3O2. The first kappa shape index (κ1) is 19.5. The van der Waals surface area contributed by atoms with Crippen LogP contribution >= 0.6 is 11.6 Å². The van der Waals surface area contributed by atoms with Crippen LogP contribution in [0.4, 0.5) is 5.69 Å². The number of rotatable bonds is 3. The molecule has 0 aliphatic carbocycles. The van der Waals surface area contributed by atoms with Crippen LogP contribution in [-0.2, 0) is 11.2 Å². The van der Waals surface area contributed by atoms with Gasteiger partial charge >= 0.3 is 0 Å². The fourth-order valence-corrected chi connectivity index (χ4v) is 4.36. The van der Waals surface area contributed by atoms with Crippen molar-refractivity contribution >= 4 is 34.8 Å². The van der Waals surface area contributed by atoms with Gasteiger partial charge in [-0.15, -0.1) is 0 Å². The molecule has 0 bridgehead atoms.